The van der Waals surface area contributed by atoms with Crippen molar-refractivity contribution in [1.29, 1.82) is 0 Å². The number of nitrogens with one attached hydrogen (secondary N) is 1. The number of ether oxygens (including phenoxy) is 1. The van der Waals surface area contributed by atoms with E-state index in [1.807, 2.05) is 12.1 Å². The SMILES string of the molecule is C#CCOc1cccc(CNC2CCCCC2)c1. The Bertz CT molecular complexity index is 402. The zero-order chi connectivity index (χ0) is 12.6. The minimum absolute atomic E-state index is 0.333. The van der Waals surface area contributed by atoms with Gasteiger partial charge in [-0.25, -0.2) is 0 Å². The summed E-state index contributed by atoms with van der Waals surface area (Å²) >= 11 is 0. The van der Waals surface area contributed by atoms with Crippen molar-refractivity contribution in [3.8, 4) is 18.1 Å². The molecular formula is C16H21NO. The first kappa shape index (κ1) is 13.0. The highest BCUT2D eigenvalue weighted by molar-refractivity contribution is 5.28. The molecule has 0 radical (unpaired) electrons. The Balaban J connectivity index is 1.82. The molecule has 1 fully saturated rings. The molecule has 1 aliphatic rings. The fraction of sp³-hybridized carbons (Fsp3) is 0.500. The molecule has 18 heavy (non-hydrogen) atoms. The monoisotopic (exact) mass is 243 g/mol. The molecule has 0 unspecified atom stereocenters. The second-order valence-electron chi connectivity index (χ2n) is 4.86. The highest BCUT2D eigenvalue weighted by Gasteiger charge is 2.12. The van der Waals surface area contributed by atoms with Crippen LogP contribution in [0, 0.1) is 12.3 Å². The van der Waals surface area contributed by atoms with Crippen LogP contribution in [0.15, 0.2) is 24.3 Å². The maximum absolute atomic E-state index is 5.42. The van der Waals surface area contributed by atoms with Crippen molar-refractivity contribution in [3.05, 3.63) is 29.8 Å². The van der Waals surface area contributed by atoms with E-state index in [0.717, 1.165) is 12.3 Å². The summed E-state index contributed by atoms with van der Waals surface area (Å²) in [5.41, 5.74) is 1.26. The molecule has 0 amide bonds. The highest BCUT2D eigenvalue weighted by atomic mass is 16.5. The molecule has 0 aromatic heterocycles. The van der Waals surface area contributed by atoms with Gasteiger partial charge in [-0.15, -0.1) is 6.42 Å². The number of benzene rings is 1. The molecule has 96 valence electrons. The summed E-state index contributed by atoms with van der Waals surface area (Å²) < 4.78 is 5.42. The van der Waals surface area contributed by atoms with E-state index >= 15 is 0 Å². The highest BCUT2D eigenvalue weighted by Crippen LogP contribution is 2.18. The second kappa shape index (κ2) is 7.08. The van der Waals surface area contributed by atoms with Gasteiger partial charge in [0.15, 0.2) is 0 Å². The van der Waals surface area contributed by atoms with Gasteiger partial charge in [0.05, 0.1) is 0 Å². The molecule has 0 atom stereocenters. The van der Waals surface area contributed by atoms with Gasteiger partial charge in [0, 0.05) is 12.6 Å². The summed E-state index contributed by atoms with van der Waals surface area (Å²) in [5, 5.41) is 3.63. The van der Waals surface area contributed by atoms with Crippen LogP contribution in [0.25, 0.3) is 0 Å². The summed E-state index contributed by atoms with van der Waals surface area (Å²) in [5.74, 6) is 3.34. The minimum Gasteiger partial charge on any atom is -0.481 e. The molecule has 1 saturated carbocycles. The van der Waals surface area contributed by atoms with E-state index in [9.17, 15) is 0 Å². The predicted octanol–water partition coefficient (Wildman–Crippen LogP) is 3.12. The number of rotatable bonds is 5. The molecule has 2 nitrogen and oxygen atoms in total. The summed E-state index contributed by atoms with van der Waals surface area (Å²) in [6.07, 6.45) is 11.9. The summed E-state index contributed by atoms with van der Waals surface area (Å²) in [6.45, 7) is 1.25. The second-order valence-corrected chi connectivity index (χ2v) is 4.86. The lowest BCUT2D eigenvalue weighted by atomic mass is 9.95. The third-order valence-electron chi connectivity index (χ3n) is 3.42. The molecule has 0 aliphatic heterocycles. The van der Waals surface area contributed by atoms with Crippen molar-refractivity contribution >= 4 is 0 Å². The molecule has 2 rings (SSSR count). The van der Waals surface area contributed by atoms with Crippen LogP contribution in [0.3, 0.4) is 0 Å². The lowest BCUT2D eigenvalue weighted by Gasteiger charge is -2.22. The van der Waals surface area contributed by atoms with Gasteiger partial charge in [-0.1, -0.05) is 37.3 Å². The van der Waals surface area contributed by atoms with E-state index in [-0.39, 0.29) is 0 Å². The fourth-order valence-electron chi connectivity index (χ4n) is 2.44. The average molecular weight is 243 g/mol. The van der Waals surface area contributed by atoms with Crippen LogP contribution >= 0.6 is 0 Å². The van der Waals surface area contributed by atoms with Crippen LogP contribution in [0.4, 0.5) is 0 Å². The lowest BCUT2D eigenvalue weighted by molar-refractivity contribution is 0.365. The van der Waals surface area contributed by atoms with Gasteiger partial charge in [-0.3, -0.25) is 0 Å². The predicted molar refractivity (Wildman–Crippen MR) is 74.5 cm³/mol. The molecule has 2 heteroatoms. The van der Waals surface area contributed by atoms with Gasteiger partial charge in [0.25, 0.3) is 0 Å². The normalized spacial score (nSPS) is 16.2. The Morgan fingerprint density at radius 1 is 1.28 bits per heavy atom. The first-order valence-corrected chi connectivity index (χ1v) is 6.77. The summed E-state index contributed by atoms with van der Waals surface area (Å²) in [4.78, 5) is 0. The molecule has 0 saturated heterocycles. The van der Waals surface area contributed by atoms with Crippen LogP contribution in [0.1, 0.15) is 37.7 Å². The number of hydrogen-bond donors (Lipinski definition) is 1. The van der Waals surface area contributed by atoms with Gasteiger partial charge in [-0.05, 0) is 30.5 Å². The molecule has 1 aromatic carbocycles. The molecule has 0 bridgehead atoms. The summed E-state index contributed by atoms with van der Waals surface area (Å²) in [6, 6.07) is 8.84. The first-order chi connectivity index (χ1) is 8.88. The van der Waals surface area contributed by atoms with Crippen LogP contribution in [0.2, 0.25) is 0 Å². The van der Waals surface area contributed by atoms with Gasteiger partial charge in [0.2, 0.25) is 0 Å². The Kier molecular flexibility index (Phi) is 5.11. The van der Waals surface area contributed by atoms with Crippen LogP contribution < -0.4 is 10.1 Å². The van der Waals surface area contributed by atoms with Gasteiger partial charge in [0.1, 0.15) is 12.4 Å². The zero-order valence-electron chi connectivity index (χ0n) is 10.8. The maximum Gasteiger partial charge on any atom is 0.148 e. The molecule has 1 N–H and O–H groups in total. The third kappa shape index (κ3) is 4.09. The van der Waals surface area contributed by atoms with Crippen LogP contribution in [0.5, 0.6) is 5.75 Å². The largest absolute Gasteiger partial charge is 0.481 e. The lowest BCUT2D eigenvalue weighted by Crippen LogP contribution is -2.30. The number of hydrogen-bond acceptors (Lipinski definition) is 2. The van der Waals surface area contributed by atoms with Crippen molar-refractivity contribution < 1.29 is 4.74 Å². The molecular weight excluding hydrogens is 222 g/mol. The average Bonchev–Trinajstić information content (AvgIpc) is 2.44. The van der Waals surface area contributed by atoms with E-state index in [0.29, 0.717) is 12.6 Å². The van der Waals surface area contributed by atoms with Gasteiger partial charge < -0.3 is 10.1 Å². The Morgan fingerprint density at radius 2 is 2.11 bits per heavy atom. The van der Waals surface area contributed by atoms with E-state index in [1.54, 1.807) is 0 Å². The molecule has 1 aromatic rings. The Labute approximate surface area is 110 Å². The molecule has 1 aliphatic carbocycles. The molecule has 0 heterocycles. The zero-order valence-corrected chi connectivity index (χ0v) is 10.8. The van der Waals surface area contributed by atoms with Crippen molar-refractivity contribution in [2.75, 3.05) is 6.61 Å². The fourth-order valence-corrected chi connectivity index (χ4v) is 2.44. The van der Waals surface area contributed by atoms with Crippen molar-refractivity contribution in [3.63, 3.8) is 0 Å². The van der Waals surface area contributed by atoms with Crippen LogP contribution in [-0.2, 0) is 6.54 Å². The molecule has 0 spiro atoms. The van der Waals surface area contributed by atoms with E-state index in [2.05, 4.69) is 23.4 Å². The van der Waals surface area contributed by atoms with Crippen molar-refractivity contribution in [2.24, 2.45) is 0 Å². The van der Waals surface area contributed by atoms with E-state index in [1.165, 1.54) is 37.7 Å². The van der Waals surface area contributed by atoms with Gasteiger partial charge >= 0.3 is 0 Å². The van der Waals surface area contributed by atoms with Crippen LogP contribution in [-0.4, -0.2) is 12.6 Å². The van der Waals surface area contributed by atoms with Crippen molar-refractivity contribution in [2.45, 2.75) is 44.7 Å². The minimum atomic E-state index is 0.333. The Morgan fingerprint density at radius 3 is 2.89 bits per heavy atom. The summed E-state index contributed by atoms with van der Waals surface area (Å²) in [7, 11) is 0. The topological polar surface area (TPSA) is 21.3 Å². The third-order valence-corrected chi connectivity index (χ3v) is 3.42. The first-order valence-electron chi connectivity index (χ1n) is 6.77. The smallest absolute Gasteiger partial charge is 0.148 e. The number of terminal acetylenes is 1. The maximum atomic E-state index is 5.42. The van der Waals surface area contributed by atoms with E-state index in [4.69, 9.17) is 11.2 Å². The standard InChI is InChI=1S/C16H21NO/c1-2-11-18-16-10-6-7-14(12-16)13-17-15-8-4-3-5-9-15/h1,6-7,10,12,15,17H,3-5,8-9,11,13H2. The quantitative estimate of drug-likeness (QED) is 0.802. The van der Waals surface area contributed by atoms with Crippen molar-refractivity contribution in [1.82, 2.24) is 5.32 Å². The van der Waals surface area contributed by atoms with E-state index < -0.39 is 0 Å². The Hall–Kier alpha value is -1.46. The van der Waals surface area contributed by atoms with Gasteiger partial charge in [-0.2, -0.15) is 0 Å².